The number of aliphatic hydroxyl groups excluding tert-OH is 11. The van der Waals surface area contributed by atoms with E-state index in [2.05, 4.69) is 0 Å². The van der Waals surface area contributed by atoms with Crippen molar-refractivity contribution in [3.63, 3.8) is 0 Å². The molecule has 14 unspecified atom stereocenters. The third-order valence-electron chi connectivity index (χ3n) is 6.18. The van der Waals surface area contributed by atoms with E-state index in [4.69, 9.17) is 23.7 Å². The Morgan fingerprint density at radius 3 is 1.68 bits per heavy atom. The van der Waals surface area contributed by atoms with Gasteiger partial charge in [-0.3, -0.25) is 0 Å². The molecule has 0 aromatic heterocycles. The summed E-state index contributed by atoms with van der Waals surface area (Å²) in [6, 6.07) is 0. The summed E-state index contributed by atoms with van der Waals surface area (Å²) >= 11 is 0. The number of rotatable bonds is 8. The van der Waals surface area contributed by atoms with Crippen molar-refractivity contribution in [2.24, 2.45) is 0 Å². The Hall–Kier alpha value is -0.640. The van der Waals surface area contributed by atoms with Crippen LogP contribution >= 0.6 is 0 Å². The molecule has 200 valence electrons. The Kier molecular flexibility index (Phi) is 9.18. The highest BCUT2D eigenvalue weighted by Gasteiger charge is 2.59. The molecule has 14 atom stereocenters. The summed E-state index contributed by atoms with van der Waals surface area (Å²) in [5, 5.41) is 109. The lowest BCUT2D eigenvalue weighted by Gasteiger charge is -2.47. The van der Waals surface area contributed by atoms with Gasteiger partial charge in [0.2, 0.25) is 5.79 Å². The maximum Gasteiger partial charge on any atom is 0.224 e. The molecule has 11 N–H and O–H groups in total. The second kappa shape index (κ2) is 11.2. The van der Waals surface area contributed by atoms with Crippen LogP contribution in [0.1, 0.15) is 0 Å². The molecule has 0 saturated carbocycles. The molecule has 0 amide bonds. The van der Waals surface area contributed by atoms with E-state index in [-0.39, 0.29) is 0 Å². The molecular weight excluding hydrogens is 472 g/mol. The van der Waals surface area contributed by atoms with Crippen molar-refractivity contribution in [2.75, 3.05) is 26.4 Å². The minimum absolute atomic E-state index is 0.742. The topological polar surface area (TPSA) is 269 Å². The molecule has 3 aliphatic heterocycles. The number of aliphatic hydroxyl groups is 11. The predicted molar refractivity (Wildman–Crippen MR) is 101 cm³/mol. The smallest absolute Gasteiger partial charge is 0.224 e. The van der Waals surface area contributed by atoms with Crippen molar-refractivity contribution >= 4 is 0 Å². The summed E-state index contributed by atoms with van der Waals surface area (Å²) in [5.41, 5.74) is 0. The fraction of sp³-hybridized carbons (Fsp3) is 1.00. The predicted octanol–water partition coefficient (Wildman–Crippen LogP) is -7.57. The summed E-state index contributed by atoms with van der Waals surface area (Å²) in [5.74, 6) is -2.36. The van der Waals surface area contributed by atoms with Gasteiger partial charge in [-0.25, -0.2) is 0 Å². The van der Waals surface area contributed by atoms with Crippen molar-refractivity contribution in [1.82, 2.24) is 0 Å². The van der Waals surface area contributed by atoms with Crippen LogP contribution in [0, 0.1) is 0 Å². The highest BCUT2D eigenvalue weighted by molar-refractivity contribution is 4.99. The van der Waals surface area contributed by atoms with E-state index >= 15 is 0 Å². The summed E-state index contributed by atoms with van der Waals surface area (Å²) in [6.45, 7) is -3.39. The molecule has 34 heavy (non-hydrogen) atoms. The number of hydrogen-bond acceptors (Lipinski definition) is 16. The van der Waals surface area contributed by atoms with Crippen LogP contribution in [0.5, 0.6) is 0 Å². The lowest BCUT2D eigenvalue weighted by Crippen LogP contribution is -2.66. The van der Waals surface area contributed by atoms with Crippen molar-refractivity contribution in [3.8, 4) is 0 Å². The van der Waals surface area contributed by atoms with Gasteiger partial charge in [0.15, 0.2) is 12.6 Å². The van der Waals surface area contributed by atoms with E-state index in [1.165, 1.54) is 0 Å². The van der Waals surface area contributed by atoms with Crippen LogP contribution in [-0.2, 0) is 23.7 Å². The van der Waals surface area contributed by atoms with Gasteiger partial charge in [0.25, 0.3) is 0 Å². The van der Waals surface area contributed by atoms with Crippen LogP contribution in [0.4, 0.5) is 0 Å². The third kappa shape index (κ3) is 4.96. The molecule has 3 fully saturated rings. The molecular formula is C18H32O16. The molecule has 0 bridgehead atoms. The minimum atomic E-state index is -2.36. The first-order valence-corrected chi connectivity index (χ1v) is 10.6. The van der Waals surface area contributed by atoms with Crippen molar-refractivity contribution in [2.45, 2.75) is 85.5 Å². The standard InChI is InChI=1S/C18H32O16/c19-1-5-8(23)10(25)12(27)16(30-5)32-14-7(3-21)31-17(13(28)11(14)26)34-18(4-22)15(29)9(24)6(2-20)33-18/h5-17,19-29H,1-4H2. The van der Waals surface area contributed by atoms with Gasteiger partial charge in [0, 0.05) is 0 Å². The van der Waals surface area contributed by atoms with Crippen molar-refractivity contribution < 1.29 is 79.9 Å². The van der Waals surface area contributed by atoms with Crippen LogP contribution in [0.15, 0.2) is 0 Å². The van der Waals surface area contributed by atoms with Gasteiger partial charge in [0.1, 0.15) is 73.8 Å². The number of ether oxygens (including phenoxy) is 5. The van der Waals surface area contributed by atoms with Crippen molar-refractivity contribution in [1.29, 1.82) is 0 Å². The molecule has 3 rings (SSSR count). The SMILES string of the molecule is OCC1OC(OC2C(CO)OC(OC3(CO)OC(CO)C(O)C3O)C(O)C2O)C(O)C(O)C1O. The molecule has 0 spiro atoms. The normalized spacial score (nSPS) is 52.1. The molecule has 16 heteroatoms. The molecule has 0 aromatic rings. The summed E-state index contributed by atoms with van der Waals surface area (Å²) in [7, 11) is 0. The first kappa shape index (κ1) is 27.9. The summed E-state index contributed by atoms with van der Waals surface area (Å²) in [4.78, 5) is 0. The van der Waals surface area contributed by atoms with Gasteiger partial charge in [-0.2, -0.15) is 0 Å². The van der Waals surface area contributed by atoms with Gasteiger partial charge in [-0.15, -0.1) is 0 Å². The second-order valence-electron chi connectivity index (χ2n) is 8.37. The molecule has 3 saturated heterocycles. The zero-order valence-electron chi connectivity index (χ0n) is 17.8. The van der Waals surface area contributed by atoms with E-state index in [1.807, 2.05) is 0 Å². The molecule has 0 aliphatic carbocycles. The lowest BCUT2D eigenvalue weighted by molar-refractivity contribution is -0.398. The Balaban J connectivity index is 1.74. The van der Waals surface area contributed by atoms with Crippen LogP contribution in [0.25, 0.3) is 0 Å². The quantitative estimate of drug-likeness (QED) is 0.146. The molecule has 3 aliphatic rings. The minimum Gasteiger partial charge on any atom is -0.394 e. The average molecular weight is 504 g/mol. The highest BCUT2D eigenvalue weighted by atomic mass is 16.8. The Morgan fingerprint density at radius 1 is 0.588 bits per heavy atom. The van der Waals surface area contributed by atoms with Gasteiger partial charge >= 0.3 is 0 Å². The van der Waals surface area contributed by atoms with Gasteiger partial charge in [-0.1, -0.05) is 0 Å². The number of hydrogen-bond donors (Lipinski definition) is 11. The molecule has 0 radical (unpaired) electrons. The maximum absolute atomic E-state index is 10.6. The Bertz CT molecular complexity index is 651. The molecule has 0 aromatic carbocycles. The van der Waals surface area contributed by atoms with E-state index in [0.29, 0.717) is 0 Å². The Labute approximate surface area is 192 Å². The Morgan fingerprint density at radius 2 is 1.15 bits per heavy atom. The first-order chi connectivity index (χ1) is 16.0. The highest BCUT2D eigenvalue weighted by Crippen LogP contribution is 2.37. The second-order valence-corrected chi connectivity index (χ2v) is 8.37. The molecule has 3 heterocycles. The molecule has 16 nitrogen and oxygen atoms in total. The summed E-state index contributed by atoms with van der Waals surface area (Å²) < 4.78 is 26.6. The fourth-order valence-corrected chi connectivity index (χ4v) is 4.12. The van der Waals surface area contributed by atoms with E-state index in [1.54, 1.807) is 0 Å². The zero-order chi connectivity index (χ0) is 25.4. The first-order valence-electron chi connectivity index (χ1n) is 10.6. The van der Waals surface area contributed by atoms with Gasteiger partial charge < -0.3 is 79.9 Å². The van der Waals surface area contributed by atoms with Crippen LogP contribution in [0.2, 0.25) is 0 Å². The van der Waals surface area contributed by atoms with Crippen LogP contribution in [-0.4, -0.2) is 168 Å². The van der Waals surface area contributed by atoms with Crippen LogP contribution in [0.3, 0.4) is 0 Å². The lowest BCUT2D eigenvalue weighted by atomic mass is 9.97. The van der Waals surface area contributed by atoms with E-state index in [0.717, 1.165) is 0 Å². The zero-order valence-corrected chi connectivity index (χ0v) is 17.8. The van der Waals surface area contributed by atoms with E-state index < -0.39 is 112 Å². The van der Waals surface area contributed by atoms with Crippen molar-refractivity contribution in [3.05, 3.63) is 0 Å². The fourth-order valence-electron chi connectivity index (χ4n) is 4.12. The third-order valence-corrected chi connectivity index (χ3v) is 6.18. The average Bonchev–Trinajstić information content (AvgIpc) is 3.08. The maximum atomic E-state index is 10.6. The van der Waals surface area contributed by atoms with Crippen LogP contribution < -0.4 is 0 Å². The largest absolute Gasteiger partial charge is 0.394 e. The van der Waals surface area contributed by atoms with Gasteiger partial charge in [-0.05, 0) is 0 Å². The van der Waals surface area contributed by atoms with Gasteiger partial charge in [0.05, 0.1) is 19.8 Å². The summed E-state index contributed by atoms with van der Waals surface area (Å²) in [6.07, 6.45) is -22.0. The monoisotopic (exact) mass is 504 g/mol. The van der Waals surface area contributed by atoms with E-state index in [9.17, 15) is 56.2 Å².